The number of hydrogen-bond donors (Lipinski definition) is 1. The van der Waals surface area contributed by atoms with Crippen LogP contribution in [0.15, 0.2) is 40.2 Å². The monoisotopic (exact) mass is 423 g/mol. The molecular weight excluding hydrogens is 401 g/mol. The highest BCUT2D eigenvalue weighted by Gasteiger charge is 2.12. The van der Waals surface area contributed by atoms with Gasteiger partial charge in [-0.3, -0.25) is 4.99 Å². The van der Waals surface area contributed by atoms with E-state index in [1.165, 1.54) is 4.90 Å². The number of thioether (sulfide) groups is 2. The summed E-state index contributed by atoms with van der Waals surface area (Å²) >= 11 is 3.83. The Kier molecular flexibility index (Phi) is 8.79. The van der Waals surface area contributed by atoms with Crippen molar-refractivity contribution in [2.24, 2.45) is 10.7 Å². The number of aliphatic imine (C=N–C) groups is 1. The topological polar surface area (TPSA) is 41.6 Å². The highest BCUT2D eigenvalue weighted by Crippen LogP contribution is 2.22. The molecule has 0 bridgehead atoms. The van der Waals surface area contributed by atoms with E-state index < -0.39 is 0 Å². The summed E-state index contributed by atoms with van der Waals surface area (Å²) in [7, 11) is 0. The number of guanidine groups is 1. The van der Waals surface area contributed by atoms with Gasteiger partial charge in [0.25, 0.3) is 0 Å². The van der Waals surface area contributed by atoms with Crippen LogP contribution in [0.1, 0.15) is 6.92 Å². The highest BCUT2D eigenvalue weighted by molar-refractivity contribution is 14.0. The van der Waals surface area contributed by atoms with Gasteiger partial charge in [-0.05, 0) is 12.1 Å². The van der Waals surface area contributed by atoms with Crippen LogP contribution < -0.4 is 5.73 Å². The van der Waals surface area contributed by atoms with Gasteiger partial charge >= 0.3 is 0 Å². The fourth-order valence-corrected chi connectivity index (χ4v) is 3.71. The molecule has 1 aliphatic heterocycles. The molecule has 20 heavy (non-hydrogen) atoms. The second kappa shape index (κ2) is 9.78. The van der Waals surface area contributed by atoms with E-state index in [4.69, 9.17) is 5.73 Å². The molecule has 1 aromatic carbocycles. The molecule has 6 heteroatoms. The molecule has 1 aromatic rings. The zero-order chi connectivity index (χ0) is 13.5. The summed E-state index contributed by atoms with van der Waals surface area (Å²) in [6.07, 6.45) is 0. The third-order valence-corrected chi connectivity index (χ3v) is 4.96. The number of nitrogens with zero attached hydrogens (tertiary/aromatic N) is 2. The van der Waals surface area contributed by atoms with Gasteiger partial charge in [0.2, 0.25) is 0 Å². The van der Waals surface area contributed by atoms with Gasteiger partial charge in [0, 0.05) is 34.7 Å². The first kappa shape index (κ1) is 18.0. The predicted octanol–water partition coefficient (Wildman–Crippen LogP) is 3.15. The number of halogens is 1. The van der Waals surface area contributed by atoms with Crippen molar-refractivity contribution in [1.29, 1.82) is 0 Å². The van der Waals surface area contributed by atoms with Crippen molar-refractivity contribution in [3.8, 4) is 0 Å². The Balaban J connectivity index is 0.00000200. The predicted molar refractivity (Wildman–Crippen MR) is 103 cm³/mol. The van der Waals surface area contributed by atoms with Crippen molar-refractivity contribution in [3.63, 3.8) is 0 Å². The maximum absolute atomic E-state index is 6.05. The molecule has 0 aliphatic carbocycles. The van der Waals surface area contributed by atoms with Gasteiger partial charge in [-0.25, -0.2) is 0 Å². The molecule has 3 nitrogen and oxygen atoms in total. The first-order valence-electron chi connectivity index (χ1n) is 6.60. The van der Waals surface area contributed by atoms with Crippen LogP contribution in [0.5, 0.6) is 0 Å². The largest absolute Gasteiger partial charge is 0.370 e. The molecule has 0 spiro atoms. The number of rotatable bonds is 4. The highest BCUT2D eigenvalue weighted by atomic mass is 127. The molecule has 1 unspecified atom stereocenters. The Morgan fingerprint density at radius 3 is 2.65 bits per heavy atom. The number of hydrogen-bond acceptors (Lipinski definition) is 3. The normalized spacial score (nSPS) is 17.4. The molecular formula is C14H22IN3S2. The lowest BCUT2D eigenvalue weighted by molar-refractivity contribution is 0.456. The third kappa shape index (κ3) is 6.13. The maximum Gasteiger partial charge on any atom is 0.191 e. The fourth-order valence-electron chi connectivity index (χ4n) is 1.88. The summed E-state index contributed by atoms with van der Waals surface area (Å²) in [6.45, 7) is 5.02. The van der Waals surface area contributed by atoms with E-state index in [2.05, 4.69) is 41.1 Å². The van der Waals surface area contributed by atoms with E-state index in [0.717, 1.165) is 31.1 Å². The van der Waals surface area contributed by atoms with Crippen molar-refractivity contribution >= 4 is 53.5 Å². The lowest BCUT2D eigenvalue weighted by Gasteiger charge is -2.27. The molecule has 0 amide bonds. The summed E-state index contributed by atoms with van der Waals surface area (Å²) in [4.78, 5) is 8.01. The van der Waals surface area contributed by atoms with Crippen LogP contribution >= 0.6 is 47.5 Å². The van der Waals surface area contributed by atoms with Crippen LogP contribution in [0.25, 0.3) is 0 Å². The van der Waals surface area contributed by atoms with Crippen molar-refractivity contribution in [1.82, 2.24) is 4.90 Å². The Morgan fingerprint density at radius 1 is 1.35 bits per heavy atom. The summed E-state index contributed by atoms with van der Waals surface area (Å²) in [5, 5.41) is 0.445. The molecule has 1 saturated heterocycles. The molecule has 2 rings (SSSR count). The molecule has 1 aliphatic rings. The first-order valence-corrected chi connectivity index (χ1v) is 8.63. The van der Waals surface area contributed by atoms with E-state index in [1.807, 2.05) is 29.6 Å². The molecule has 2 N–H and O–H groups in total. The van der Waals surface area contributed by atoms with Gasteiger partial charge in [0.05, 0.1) is 6.54 Å². The van der Waals surface area contributed by atoms with Crippen LogP contribution in [-0.2, 0) is 0 Å². The van der Waals surface area contributed by atoms with E-state index in [0.29, 0.717) is 11.2 Å². The molecule has 1 fully saturated rings. The standard InChI is InChI=1S/C14H21N3S2.HI/c1-12(19-13-5-3-2-4-6-13)11-16-14(15)17-7-9-18-10-8-17;/h2-6,12H,7-11H2,1H3,(H2,15,16);1H. The van der Waals surface area contributed by atoms with Crippen LogP contribution in [-0.4, -0.2) is 47.2 Å². The van der Waals surface area contributed by atoms with Gasteiger partial charge < -0.3 is 10.6 Å². The lowest BCUT2D eigenvalue weighted by Crippen LogP contribution is -2.42. The Morgan fingerprint density at radius 2 is 2.00 bits per heavy atom. The van der Waals surface area contributed by atoms with Crippen molar-refractivity contribution in [2.45, 2.75) is 17.1 Å². The number of nitrogens with two attached hydrogens (primary N) is 1. The quantitative estimate of drug-likeness (QED) is 0.350. The minimum absolute atomic E-state index is 0. The van der Waals surface area contributed by atoms with Crippen molar-refractivity contribution in [2.75, 3.05) is 31.1 Å². The minimum atomic E-state index is 0. The second-order valence-corrected chi connectivity index (χ2v) is 7.28. The van der Waals surface area contributed by atoms with Crippen molar-refractivity contribution in [3.05, 3.63) is 30.3 Å². The molecule has 0 radical (unpaired) electrons. The summed E-state index contributed by atoms with van der Waals surface area (Å²) in [6, 6.07) is 10.4. The molecule has 1 heterocycles. The summed E-state index contributed by atoms with van der Waals surface area (Å²) in [5.74, 6) is 3.02. The zero-order valence-electron chi connectivity index (χ0n) is 11.7. The van der Waals surface area contributed by atoms with Crippen LogP contribution in [0, 0.1) is 0 Å². The summed E-state index contributed by atoms with van der Waals surface area (Å²) < 4.78 is 0. The van der Waals surface area contributed by atoms with Gasteiger partial charge in [-0.2, -0.15) is 11.8 Å². The second-order valence-electron chi connectivity index (χ2n) is 4.54. The fraction of sp³-hybridized carbons (Fsp3) is 0.500. The first-order chi connectivity index (χ1) is 9.25. The van der Waals surface area contributed by atoms with Crippen LogP contribution in [0.3, 0.4) is 0 Å². The van der Waals surface area contributed by atoms with E-state index in [9.17, 15) is 0 Å². The average molecular weight is 423 g/mol. The van der Waals surface area contributed by atoms with Gasteiger partial charge in [-0.15, -0.1) is 35.7 Å². The maximum atomic E-state index is 6.05. The Labute approximate surface area is 147 Å². The Bertz CT molecular complexity index is 408. The van der Waals surface area contributed by atoms with Crippen LogP contribution in [0.4, 0.5) is 0 Å². The Hall–Kier alpha value is -0.0800. The SMILES string of the molecule is CC(CN=C(N)N1CCSCC1)Sc1ccccc1.I. The molecule has 1 atom stereocenters. The molecule has 0 saturated carbocycles. The zero-order valence-corrected chi connectivity index (χ0v) is 15.7. The van der Waals surface area contributed by atoms with Gasteiger partial charge in [0.15, 0.2) is 5.96 Å². The van der Waals surface area contributed by atoms with E-state index in [1.54, 1.807) is 0 Å². The van der Waals surface area contributed by atoms with E-state index in [-0.39, 0.29) is 24.0 Å². The van der Waals surface area contributed by atoms with Crippen LogP contribution in [0.2, 0.25) is 0 Å². The minimum Gasteiger partial charge on any atom is -0.370 e. The molecule has 112 valence electrons. The molecule has 0 aromatic heterocycles. The van der Waals surface area contributed by atoms with E-state index >= 15 is 0 Å². The van der Waals surface area contributed by atoms with Gasteiger partial charge in [-0.1, -0.05) is 25.1 Å². The number of benzene rings is 1. The van der Waals surface area contributed by atoms with Gasteiger partial charge in [0.1, 0.15) is 0 Å². The third-order valence-electron chi connectivity index (χ3n) is 2.93. The lowest BCUT2D eigenvalue weighted by atomic mass is 10.4. The smallest absolute Gasteiger partial charge is 0.191 e. The van der Waals surface area contributed by atoms with Crippen molar-refractivity contribution < 1.29 is 0 Å². The summed E-state index contributed by atoms with van der Waals surface area (Å²) in [5.41, 5.74) is 6.05. The average Bonchev–Trinajstić information content (AvgIpc) is 2.47.